The molecule has 0 saturated heterocycles. The molecular formula is C27H18Cl2F2N8. The maximum atomic E-state index is 13.8. The summed E-state index contributed by atoms with van der Waals surface area (Å²) >= 11 is 12.5. The van der Waals surface area contributed by atoms with Gasteiger partial charge in [-0.2, -0.15) is 9.65 Å². The van der Waals surface area contributed by atoms with Crippen molar-refractivity contribution in [1.29, 1.82) is 5.26 Å². The van der Waals surface area contributed by atoms with Crippen LogP contribution in [0.1, 0.15) is 43.1 Å². The Morgan fingerprint density at radius 3 is 2.54 bits per heavy atom. The molecule has 1 unspecified atom stereocenters. The number of aromatic nitrogens is 5. The maximum absolute atomic E-state index is 13.8. The highest BCUT2D eigenvalue weighted by atomic mass is 35.5. The lowest BCUT2D eigenvalue weighted by Crippen LogP contribution is -2.13. The molecule has 1 saturated carbocycles. The summed E-state index contributed by atoms with van der Waals surface area (Å²) in [6.45, 7) is 0. The molecule has 0 bridgehead atoms. The normalized spacial score (nSPS) is 14.9. The van der Waals surface area contributed by atoms with E-state index in [1.54, 1.807) is 23.0 Å². The van der Waals surface area contributed by atoms with E-state index < -0.39 is 17.8 Å². The summed E-state index contributed by atoms with van der Waals surface area (Å²) < 4.78 is 38.6. The number of fused-ring (bicyclic) bond motifs is 1. The second-order valence-electron chi connectivity index (χ2n) is 8.96. The molecule has 39 heavy (non-hydrogen) atoms. The zero-order valence-electron chi connectivity index (χ0n) is 21.0. The number of nitriles is 1. The number of hydrogen-bond acceptors (Lipinski definition) is 7. The SMILES string of the molecule is [2H]C(Nc1cc(Cl)c2ncc(C#N)c(Nc3cnc(F)c(Cl)c3)c2c1)(c1ccc(F)cc1)c1cn(C2CC2)nn1. The Morgan fingerprint density at radius 1 is 1.05 bits per heavy atom. The zero-order chi connectivity index (χ0) is 28.0. The van der Waals surface area contributed by atoms with Crippen LogP contribution in [-0.4, -0.2) is 25.0 Å². The van der Waals surface area contributed by atoms with Crippen LogP contribution >= 0.6 is 23.2 Å². The minimum atomic E-state index is -1.68. The van der Waals surface area contributed by atoms with Crippen molar-refractivity contribution in [3.8, 4) is 6.07 Å². The Hall–Kier alpha value is -4.33. The molecule has 1 atom stereocenters. The van der Waals surface area contributed by atoms with E-state index in [1.165, 1.54) is 42.7 Å². The lowest BCUT2D eigenvalue weighted by molar-refractivity contribution is 0.584. The smallest absolute Gasteiger partial charge is 0.231 e. The van der Waals surface area contributed by atoms with E-state index >= 15 is 0 Å². The van der Waals surface area contributed by atoms with Gasteiger partial charge < -0.3 is 10.6 Å². The quantitative estimate of drug-likeness (QED) is 0.206. The summed E-state index contributed by atoms with van der Waals surface area (Å²) in [7, 11) is 0. The van der Waals surface area contributed by atoms with Crippen molar-refractivity contribution < 1.29 is 10.2 Å². The van der Waals surface area contributed by atoms with Gasteiger partial charge >= 0.3 is 0 Å². The van der Waals surface area contributed by atoms with E-state index in [2.05, 4.69) is 37.0 Å². The highest BCUT2D eigenvalue weighted by Crippen LogP contribution is 2.38. The standard InChI is InChI=1S/C27H18Cl2F2N8/c28-21-8-17(35-25(14-1-3-16(30)4-2-14)23-13-39(38-37-23)19-5-6-19)7-20-24(15(10-32)11-33-26(20)21)36-18-9-22(29)27(31)34-12-18/h1-4,7-9,11-13,19,25,35H,5-6H2,(H,33,36)/i25D. The highest BCUT2D eigenvalue weighted by Gasteiger charge is 2.27. The summed E-state index contributed by atoms with van der Waals surface area (Å²) in [6, 6.07) is 10.8. The zero-order valence-corrected chi connectivity index (χ0v) is 21.5. The van der Waals surface area contributed by atoms with Gasteiger partial charge in [0.25, 0.3) is 0 Å². The van der Waals surface area contributed by atoms with Gasteiger partial charge in [-0.15, -0.1) is 5.10 Å². The third-order valence-corrected chi connectivity index (χ3v) is 6.75. The average molecular weight is 564 g/mol. The van der Waals surface area contributed by atoms with E-state index in [0.717, 1.165) is 12.8 Å². The predicted octanol–water partition coefficient (Wildman–Crippen LogP) is 6.96. The maximum Gasteiger partial charge on any atom is 0.231 e. The summed E-state index contributed by atoms with van der Waals surface area (Å²) in [4.78, 5) is 7.96. The van der Waals surface area contributed by atoms with Gasteiger partial charge in [0.2, 0.25) is 5.95 Å². The Bertz CT molecular complexity index is 1800. The molecule has 12 heteroatoms. The predicted molar refractivity (Wildman–Crippen MR) is 144 cm³/mol. The van der Waals surface area contributed by atoms with Gasteiger partial charge in [0.05, 0.1) is 58.3 Å². The van der Waals surface area contributed by atoms with Crippen LogP contribution in [-0.2, 0) is 0 Å². The molecule has 0 spiro atoms. The second-order valence-corrected chi connectivity index (χ2v) is 9.77. The largest absolute Gasteiger partial charge is 0.373 e. The monoisotopic (exact) mass is 563 g/mol. The van der Waals surface area contributed by atoms with Crippen LogP contribution in [0.4, 0.5) is 25.8 Å². The van der Waals surface area contributed by atoms with Crippen molar-refractivity contribution in [2.24, 2.45) is 0 Å². The summed E-state index contributed by atoms with van der Waals surface area (Å²) in [5, 5.41) is 25.0. The van der Waals surface area contributed by atoms with Crippen LogP contribution in [0, 0.1) is 23.1 Å². The van der Waals surface area contributed by atoms with E-state index in [-0.39, 0.29) is 21.7 Å². The molecule has 2 N–H and O–H groups in total. The fraction of sp³-hybridized carbons (Fsp3) is 0.148. The Labute approximate surface area is 232 Å². The third kappa shape index (κ3) is 5.06. The molecule has 8 nitrogen and oxygen atoms in total. The molecule has 6 rings (SSSR count). The summed E-state index contributed by atoms with van der Waals surface area (Å²) in [5.74, 6) is -1.27. The van der Waals surface area contributed by atoms with Crippen molar-refractivity contribution in [2.45, 2.75) is 24.9 Å². The first-order chi connectivity index (χ1) is 19.2. The van der Waals surface area contributed by atoms with Crippen LogP contribution in [0.3, 0.4) is 0 Å². The number of nitrogens with one attached hydrogen (secondary N) is 2. The van der Waals surface area contributed by atoms with Gasteiger partial charge in [-0.25, -0.2) is 14.1 Å². The van der Waals surface area contributed by atoms with Crippen LogP contribution in [0.15, 0.2) is 61.1 Å². The van der Waals surface area contributed by atoms with Crippen LogP contribution in [0.5, 0.6) is 0 Å². The Balaban J connectivity index is 1.47. The number of pyridine rings is 2. The number of benzene rings is 2. The molecule has 1 aliphatic carbocycles. The van der Waals surface area contributed by atoms with Crippen molar-refractivity contribution >= 4 is 51.2 Å². The van der Waals surface area contributed by atoms with Gasteiger partial charge in [0.1, 0.15) is 17.6 Å². The van der Waals surface area contributed by atoms with Crippen molar-refractivity contribution in [3.63, 3.8) is 0 Å². The van der Waals surface area contributed by atoms with Gasteiger partial charge in [-0.3, -0.25) is 4.98 Å². The van der Waals surface area contributed by atoms with Gasteiger partial charge in [0.15, 0.2) is 0 Å². The highest BCUT2D eigenvalue weighted by molar-refractivity contribution is 6.36. The van der Waals surface area contributed by atoms with Gasteiger partial charge in [0, 0.05) is 17.3 Å². The Morgan fingerprint density at radius 2 is 1.82 bits per heavy atom. The van der Waals surface area contributed by atoms with Crippen molar-refractivity contribution in [3.05, 3.63) is 99.7 Å². The number of nitrogens with zero attached hydrogens (tertiary/aromatic N) is 6. The number of halogens is 4. The molecule has 0 radical (unpaired) electrons. The fourth-order valence-corrected chi connectivity index (χ4v) is 4.57. The molecule has 194 valence electrons. The molecule has 2 aromatic carbocycles. The molecule has 3 heterocycles. The number of anilines is 3. The molecule has 0 aliphatic heterocycles. The summed E-state index contributed by atoms with van der Waals surface area (Å²) in [5.41, 5.74) is 2.35. The Kier molecular flexibility index (Phi) is 6.15. The van der Waals surface area contributed by atoms with Gasteiger partial charge in [-0.1, -0.05) is 40.5 Å². The third-order valence-electron chi connectivity index (χ3n) is 6.20. The van der Waals surface area contributed by atoms with Crippen LogP contribution in [0.2, 0.25) is 10.0 Å². The summed E-state index contributed by atoms with van der Waals surface area (Å²) in [6.07, 6.45) is 6.28. The first kappa shape index (κ1) is 23.8. The van der Waals surface area contributed by atoms with E-state index in [4.69, 9.17) is 23.2 Å². The first-order valence-electron chi connectivity index (χ1n) is 12.3. The molecule has 5 aromatic rings. The van der Waals surface area contributed by atoms with E-state index in [0.29, 0.717) is 39.2 Å². The molecule has 1 fully saturated rings. The fourth-order valence-electron chi connectivity index (χ4n) is 4.14. The number of rotatable bonds is 7. The topological polar surface area (TPSA) is 104 Å². The minimum absolute atomic E-state index is 0.184. The first-order valence-corrected chi connectivity index (χ1v) is 12.6. The van der Waals surface area contributed by atoms with Crippen molar-refractivity contribution in [2.75, 3.05) is 10.6 Å². The average Bonchev–Trinajstić information content (AvgIpc) is 3.67. The van der Waals surface area contributed by atoms with Gasteiger partial charge in [-0.05, 0) is 48.7 Å². The van der Waals surface area contributed by atoms with Crippen LogP contribution in [0.25, 0.3) is 10.9 Å². The molecule has 1 aliphatic rings. The van der Waals surface area contributed by atoms with E-state index in [1.807, 2.05) is 0 Å². The lowest BCUT2D eigenvalue weighted by Gasteiger charge is -2.20. The molecular weight excluding hydrogens is 545 g/mol. The second kappa shape index (κ2) is 10.1. The van der Waals surface area contributed by atoms with Crippen molar-refractivity contribution in [1.82, 2.24) is 25.0 Å². The number of hydrogen-bond donors (Lipinski definition) is 2. The minimum Gasteiger partial charge on any atom is -0.373 e. The molecule has 3 aromatic heterocycles. The lowest BCUT2D eigenvalue weighted by atomic mass is 10.0. The molecule has 0 amide bonds. The van der Waals surface area contributed by atoms with E-state index in [9.17, 15) is 15.4 Å². The van der Waals surface area contributed by atoms with Crippen LogP contribution < -0.4 is 10.6 Å².